The smallest absolute Gasteiger partial charge is 0.280 e. The van der Waals surface area contributed by atoms with E-state index in [-0.39, 0.29) is 17.2 Å². The van der Waals surface area contributed by atoms with Crippen molar-refractivity contribution < 1.29 is 4.39 Å². The molecule has 6 nitrogen and oxygen atoms in total. The summed E-state index contributed by atoms with van der Waals surface area (Å²) in [6.45, 7) is 3.73. The summed E-state index contributed by atoms with van der Waals surface area (Å²) >= 11 is 5.73. The summed E-state index contributed by atoms with van der Waals surface area (Å²) in [6.07, 6.45) is 4.33. The van der Waals surface area contributed by atoms with Crippen LogP contribution in [0.5, 0.6) is 0 Å². The van der Waals surface area contributed by atoms with Gasteiger partial charge in [-0.25, -0.2) is 18.3 Å². The van der Waals surface area contributed by atoms with E-state index in [0.29, 0.717) is 5.69 Å². The second-order valence-electron chi connectivity index (χ2n) is 4.52. The molecule has 2 heterocycles. The van der Waals surface area contributed by atoms with Crippen LogP contribution in [0.15, 0.2) is 52.8 Å². The van der Waals surface area contributed by atoms with Crippen molar-refractivity contribution in [2.45, 2.75) is 6.54 Å². The van der Waals surface area contributed by atoms with Crippen molar-refractivity contribution in [2.24, 2.45) is 0 Å². The number of hydrogen-bond donors (Lipinski definition) is 0. The second-order valence-corrected chi connectivity index (χ2v) is 4.93. The Bertz CT molecular complexity index is 1000. The van der Waals surface area contributed by atoms with Gasteiger partial charge in [-0.1, -0.05) is 17.7 Å². The van der Waals surface area contributed by atoms with Gasteiger partial charge in [0.25, 0.3) is 0 Å². The van der Waals surface area contributed by atoms with Gasteiger partial charge in [-0.05, 0) is 18.2 Å². The maximum atomic E-state index is 13.2. The minimum absolute atomic E-state index is 0.0326. The second kappa shape index (κ2) is 5.27. The Hall–Kier alpha value is -2.67. The fraction of sp³-hybridized carbons (Fsp3) is 0.0714. The largest absolute Gasteiger partial charge is 0.350 e. The number of rotatable bonds is 3. The molecule has 0 bridgehead atoms. The first-order valence-corrected chi connectivity index (χ1v) is 6.68. The quantitative estimate of drug-likeness (QED) is 0.689. The molecule has 0 saturated heterocycles. The average molecular weight is 321 g/mol. The van der Waals surface area contributed by atoms with Gasteiger partial charge in [0.1, 0.15) is 5.82 Å². The average Bonchev–Trinajstić information content (AvgIpc) is 2.81. The first-order chi connectivity index (χ1) is 10.5. The van der Waals surface area contributed by atoms with E-state index in [1.165, 1.54) is 35.2 Å². The van der Waals surface area contributed by atoms with Crippen molar-refractivity contribution >= 4 is 17.2 Å². The molecule has 8 heteroatoms. The van der Waals surface area contributed by atoms with Crippen molar-refractivity contribution in [1.82, 2.24) is 18.7 Å². The first kappa shape index (κ1) is 14.3. The fourth-order valence-electron chi connectivity index (χ4n) is 2.09. The molecule has 0 fully saturated rings. The third kappa shape index (κ3) is 2.15. The van der Waals surface area contributed by atoms with Crippen LogP contribution in [0.1, 0.15) is 0 Å². The lowest BCUT2D eigenvalue weighted by Gasteiger charge is -2.06. The zero-order valence-corrected chi connectivity index (χ0v) is 12.0. The van der Waals surface area contributed by atoms with E-state index in [4.69, 9.17) is 11.6 Å². The van der Waals surface area contributed by atoms with E-state index in [1.54, 1.807) is 0 Å². The van der Waals surface area contributed by atoms with Crippen molar-refractivity contribution in [2.75, 3.05) is 0 Å². The van der Waals surface area contributed by atoms with Crippen LogP contribution in [-0.2, 0) is 6.54 Å². The molecule has 0 saturated carbocycles. The lowest BCUT2D eigenvalue weighted by atomic mass is 10.3. The van der Waals surface area contributed by atoms with Crippen molar-refractivity contribution in [3.05, 3.63) is 74.9 Å². The predicted molar refractivity (Wildman–Crippen MR) is 80.2 cm³/mol. The number of allylic oxidation sites excluding steroid dienone is 1. The molecule has 0 aliphatic carbocycles. The van der Waals surface area contributed by atoms with Crippen LogP contribution in [0.4, 0.5) is 4.39 Å². The van der Waals surface area contributed by atoms with E-state index < -0.39 is 17.1 Å². The Morgan fingerprint density at radius 2 is 2.09 bits per heavy atom. The maximum absolute atomic E-state index is 13.2. The Morgan fingerprint density at radius 1 is 1.32 bits per heavy atom. The molecule has 0 spiro atoms. The number of benzene rings is 1. The topological polar surface area (TPSA) is 61.3 Å². The van der Waals surface area contributed by atoms with Crippen LogP contribution in [0.25, 0.3) is 11.3 Å². The highest BCUT2D eigenvalue weighted by molar-refractivity contribution is 6.30. The van der Waals surface area contributed by atoms with E-state index in [0.717, 1.165) is 15.1 Å². The fourth-order valence-corrected chi connectivity index (χ4v) is 2.26. The van der Waals surface area contributed by atoms with Crippen LogP contribution < -0.4 is 11.2 Å². The molecule has 0 unspecified atom stereocenters. The Labute approximate surface area is 128 Å². The van der Waals surface area contributed by atoms with Gasteiger partial charge in [-0.3, -0.25) is 9.36 Å². The molecular formula is C14H10ClFN4O2. The van der Waals surface area contributed by atoms with Crippen LogP contribution in [0.3, 0.4) is 0 Å². The monoisotopic (exact) mass is 320 g/mol. The molecule has 0 atom stereocenters. The van der Waals surface area contributed by atoms with Gasteiger partial charge in [0, 0.05) is 12.4 Å². The van der Waals surface area contributed by atoms with Gasteiger partial charge in [-0.2, -0.15) is 0 Å². The highest BCUT2D eigenvalue weighted by atomic mass is 35.5. The summed E-state index contributed by atoms with van der Waals surface area (Å²) in [7, 11) is 0. The summed E-state index contributed by atoms with van der Waals surface area (Å²) in [5.41, 5.74) is -0.596. The van der Waals surface area contributed by atoms with E-state index in [9.17, 15) is 14.0 Å². The Morgan fingerprint density at radius 3 is 2.77 bits per heavy atom. The number of fused-ring (bicyclic) bond motifs is 1. The number of hydrogen-bond acceptors (Lipinski definition) is 3. The molecule has 0 radical (unpaired) electrons. The van der Waals surface area contributed by atoms with Crippen molar-refractivity contribution in [3.63, 3.8) is 0 Å². The van der Waals surface area contributed by atoms with Gasteiger partial charge in [-0.15, -0.1) is 11.7 Å². The standard InChI is InChI=1S/C14H10ClFN4O2/c1-2-5-20-14(22)19-7-6-18(13(21)12(19)17-20)9-3-4-11(16)10(15)8-9/h2-4,6-8H,1,5H2. The van der Waals surface area contributed by atoms with Gasteiger partial charge in [0.15, 0.2) is 0 Å². The van der Waals surface area contributed by atoms with Crippen LogP contribution in [-0.4, -0.2) is 18.7 Å². The summed E-state index contributed by atoms with van der Waals surface area (Å²) in [5, 5.41) is 3.88. The molecular weight excluding hydrogens is 311 g/mol. The Kier molecular flexibility index (Phi) is 3.42. The molecule has 0 aliphatic rings. The lowest BCUT2D eigenvalue weighted by Crippen LogP contribution is -2.24. The maximum Gasteiger partial charge on any atom is 0.350 e. The molecule has 0 N–H and O–H groups in total. The first-order valence-electron chi connectivity index (χ1n) is 6.30. The highest BCUT2D eigenvalue weighted by Gasteiger charge is 2.12. The number of aromatic nitrogens is 4. The van der Waals surface area contributed by atoms with Crippen molar-refractivity contribution in [3.8, 4) is 5.69 Å². The molecule has 0 amide bonds. The summed E-state index contributed by atoms with van der Waals surface area (Å²) in [6, 6.07) is 3.91. The van der Waals surface area contributed by atoms with Crippen LogP contribution in [0, 0.1) is 5.82 Å². The van der Waals surface area contributed by atoms with E-state index in [1.807, 2.05) is 0 Å². The zero-order valence-electron chi connectivity index (χ0n) is 11.2. The molecule has 22 heavy (non-hydrogen) atoms. The number of nitrogens with zero attached hydrogens (tertiary/aromatic N) is 4. The third-order valence-corrected chi connectivity index (χ3v) is 3.42. The van der Waals surface area contributed by atoms with Gasteiger partial charge in [0.05, 0.1) is 17.3 Å². The Balaban J connectivity index is 2.26. The molecule has 112 valence electrons. The van der Waals surface area contributed by atoms with Gasteiger partial charge >= 0.3 is 11.2 Å². The van der Waals surface area contributed by atoms with Gasteiger partial charge in [0.2, 0.25) is 5.65 Å². The molecule has 2 aromatic heterocycles. The van der Waals surface area contributed by atoms with Crippen molar-refractivity contribution in [1.29, 1.82) is 0 Å². The highest BCUT2D eigenvalue weighted by Crippen LogP contribution is 2.17. The van der Waals surface area contributed by atoms with E-state index >= 15 is 0 Å². The molecule has 3 rings (SSSR count). The van der Waals surface area contributed by atoms with E-state index in [2.05, 4.69) is 11.7 Å². The summed E-state index contributed by atoms with van der Waals surface area (Å²) in [5.74, 6) is -0.578. The minimum Gasteiger partial charge on any atom is -0.280 e. The lowest BCUT2D eigenvalue weighted by molar-refractivity contribution is 0.627. The zero-order chi connectivity index (χ0) is 15.9. The normalized spacial score (nSPS) is 11.0. The summed E-state index contributed by atoms with van der Waals surface area (Å²) in [4.78, 5) is 24.5. The molecule has 0 aliphatic heterocycles. The minimum atomic E-state index is -0.578. The molecule has 1 aromatic carbocycles. The number of halogens is 2. The predicted octanol–water partition coefficient (Wildman–Crippen LogP) is 1.63. The third-order valence-electron chi connectivity index (χ3n) is 3.13. The van der Waals surface area contributed by atoms with Crippen LogP contribution >= 0.6 is 11.6 Å². The van der Waals surface area contributed by atoms with Crippen LogP contribution in [0.2, 0.25) is 5.02 Å². The SMILES string of the molecule is C=CCn1nc2c(=O)n(-c3ccc(F)c(Cl)c3)ccn2c1=O. The molecule has 3 aromatic rings. The summed E-state index contributed by atoms with van der Waals surface area (Å²) < 4.78 is 16.7. The van der Waals surface area contributed by atoms with Gasteiger partial charge < -0.3 is 0 Å².